The fraction of sp³-hybridized carbons (Fsp3) is 0.667. The van der Waals surface area contributed by atoms with E-state index in [1.54, 1.807) is 6.07 Å². The van der Waals surface area contributed by atoms with Crippen molar-refractivity contribution in [1.82, 2.24) is 4.72 Å². The third-order valence-electron chi connectivity index (χ3n) is 4.15. The lowest BCUT2D eigenvalue weighted by Crippen LogP contribution is -2.25. The normalized spacial score (nSPS) is 11.7. The highest BCUT2D eigenvalue weighted by Gasteiger charge is 2.16. The van der Waals surface area contributed by atoms with Crippen LogP contribution in [0.15, 0.2) is 23.1 Å². The summed E-state index contributed by atoms with van der Waals surface area (Å²) in [7, 11) is -3.58. The zero-order chi connectivity index (χ0) is 17.8. The zero-order valence-electron chi connectivity index (χ0n) is 14.9. The predicted octanol–water partition coefficient (Wildman–Crippen LogP) is 4.05. The quantitative estimate of drug-likeness (QED) is 0.367. The number of hydrogen-bond donors (Lipinski definition) is 3. The lowest BCUT2D eigenvalue weighted by Gasteiger charge is -2.09. The van der Waals surface area contributed by atoms with Gasteiger partial charge in [0.05, 0.1) is 5.69 Å². The minimum atomic E-state index is -3.58. The van der Waals surface area contributed by atoms with Crippen molar-refractivity contribution in [2.24, 2.45) is 0 Å². The van der Waals surface area contributed by atoms with Crippen LogP contribution in [0.25, 0.3) is 0 Å². The molecule has 0 aliphatic heterocycles. The van der Waals surface area contributed by atoms with Gasteiger partial charge in [0, 0.05) is 12.2 Å². The van der Waals surface area contributed by atoms with Crippen LogP contribution in [0.5, 0.6) is 0 Å². The van der Waals surface area contributed by atoms with E-state index >= 15 is 0 Å². The van der Waals surface area contributed by atoms with Crippen molar-refractivity contribution < 1.29 is 8.42 Å². The maximum Gasteiger partial charge on any atom is 0.242 e. The highest BCUT2D eigenvalue weighted by molar-refractivity contribution is 7.89. The van der Waals surface area contributed by atoms with Gasteiger partial charge in [-0.15, -0.1) is 0 Å². The average molecular weight is 356 g/mol. The third-order valence-corrected chi connectivity index (χ3v) is 5.67. The molecule has 0 fully saturated rings. The molecule has 1 aromatic carbocycles. The molecule has 0 atom stereocenters. The number of benzene rings is 1. The Morgan fingerprint density at radius 3 is 2.00 bits per heavy atom. The number of nitrogens with one attached hydrogen (secondary N) is 1. The molecule has 0 bridgehead atoms. The first kappa shape index (κ1) is 20.8. The molecule has 5 nitrogen and oxygen atoms in total. The Labute approximate surface area is 147 Å². The average Bonchev–Trinajstić information content (AvgIpc) is 2.54. The smallest absolute Gasteiger partial charge is 0.242 e. The maximum atomic E-state index is 12.2. The summed E-state index contributed by atoms with van der Waals surface area (Å²) in [6.07, 6.45) is 12.2. The molecule has 138 valence electrons. The van der Waals surface area contributed by atoms with Crippen LogP contribution in [0.4, 0.5) is 11.4 Å². The Morgan fingerprint density at radius 1 is 0.875 bits per heavy atom. The van der Waals surface area contributed by atoms with Crippen LogP contribution >= 0.6 is 0 Å². The molecule has 0 saturated heterocycles. The van der Waals surface area contributed by atoms with Crippen molar-refractivity contribution in [3.63, 3.8) is 0 Å². The van der Waals surface area contributed by atoms with Crippen molar-refractivity contribution in [2.75, 3.05) is 18.0 Å². The molecule has 0 aliphatic rings. The fourth-order valence-electron chi connectivity index (χ4n) is 2.68. The van der Waals surface area contributed by atoms with Crippen LogP contribution in [0, 0.1) is 0 Å². The molecule has 0 radical (unpaired) electrons. The summed E-state index contributed by atoms with van der Waals surface area (Å²) in [6.45, 7) is 2.67. The Kier molecular flexibility index (Phi) is 9.79. The lowest BCUT2D eigenvalue weighted by atomic mass is 10.1. The van der Waals surface area contributed by atoms with Gasteiger partial charge >= 0.3 is 0 Å². The van der Waals surface area contributed by atoms with Gasteiger partial charge in [0.25, 0.3) is 0 Å². The SMILES string of the molecule is CCCCCCCCCCCCNS(=O)(=O)c1cc(N)ccc1N. The highest BCUT2D eigenvalue weighted by Crippen LogP contribution is 2.20. The van der Waals surface area contributed by atoms with Gasteiger partial charge in [-0.05, 0) is 24.6 Å². The number of nitrogen functional groups attached to an aromatic ring is 2. The van der Waals surface area contributed by atoms with Gasteiger partial charge in [-0.1, -0.05) is 64.7 Å². The second-order valence-corrected chi connectivity index (χ2v) is 8.11. The summed E-state index contributed by atoms with van der Waals surface area (Å²) in [5.74, 6) is 0. The molecule has 0 amide bonds. The largest absolute Gasteiger partial charge is 0.399 e. The van der Waals surface area contributed by atoms with Crippen LogP contribution in [-0.4, -0.2) is 15.0 Å². The summed E-state index contributed by atoms with van der Waals surface area (Å²) in [5.41, 5.74) is 12.0. The molecule has 0 aromatic heterocycles. The van der Waals surface area contributed by atoms with E-state index in [1.165, 1.54) is 57.1 Å². The van der Waals surface area contributed by atoms with E-state index in [0.29, 0.717) is 12.2 Å². The summed E-state index contributed by atoms with van der Waals surface area (Å²) in [5, 5.41) is 0. The molecule has 0 aliphatic carbocycles. The molecule has 0 unspecified atom stereocenters. The fourth-order valence-corrected chi connectivity index (χ4v) is 3.92. The Balaban J connectivity index is 2.15. The number of unbranched alkanes of at least 4 members (excludes halogenated alkanes) is 9. The summed E-state index contributed by atoms with van der Waals surface area (Å²) in [4.78, 5) is 0.0644. The van der Waals surface area contributed by atoms with Gasteiger partial charge in [0.1, 0.15) is 4.90 Å². The molecule has 1 aromatic rings. The van der Waals surface area contributed by atoms with Gasteiger partial charge in [-0.3, -0.25) is 0 Å². The van der Waals surface area contributed by atoms with Gasteiger partial charge in [0.15, 0.2) is 0 Å². The molecule has 0 saturated carbocycles. The van der Waals surface area contributed by atoms with E-state index in [-0.39, 0.29) is 10.6 Å². The van der Waals surface area contributed by atoms with E-state index in [0.717, 1.165) is 19.3 Å². The Morgan fingerprint density at radius 2 is 1.42 bits per heavy atom. The molecule has 1 rings (SSSR count). The Bertz CT molecular complexity index is 574. The van der Waals surface area contributed by atoms with Gasteiger partial charge in [-0.25, -0.2) is 13.1 Å². The van der Waals surface area contributed by atoms with Crippen molar-refractivity contribution in [2.45, 2.75) is 76.0 Å². The van der Waals surface area contributed by atoms with Crippen LogP contribution in [0.3, 0.4) is 0 Å². The van der Waals surface area contributed by atoms with Gasteiger partial charge in [0.2, 0.25) is 10.0 Å². The monoisotopic (exact) mass is 355 g/mol. The number of nitrogens with two attached hydrogens (primary N) is 2. The summed E-state index contributed by atoms with van der Waals surface area (Å²) >= 11 is 0. The third kappa shape index (κ3) is 8.02. The van der Waals surface area contributed by atoms with Crippen LogP contribution < -0.4 is 16.2 Å². The second-order valence-electron chi connectivity index (χ2n) is 6.38. The number of sulfonamides is 1. The van der Waals surface area contributed by atoms with Gasteiger partial charge in [-0.2, -0.15) is 0 Å². The first-order valence-electron chi connectivity index (χ1n) is 9.12. The van der Waals surface area contributed by atoms with E-state index in [1.807, 2.05) is 0 Å². The van der Waals surface area contributed by atoms with E-state index < -0.39 is 10.0 Å². The number of hydrogen-bond acceptors (Lipinski definition) is 4. The van der Waals surface area contributed by atoms with E-state index in [9.17, 15) is 8.42 Å². The Hall–Kier alpha value is -1.27. The van der Waals surface area contributed by atoms with Crippen LogP contribution in [0.1, 0.15) is 71.1 Å². The first-order chi connectivity index (χ1) is 11.5. The molecule has 5 N–H and O–H groups in total. The molecule has 0 spiro atoms. The van der Waals surface area contributed by atoms with Crippen LogP contribution in [0.2, 0.25) is 0 Å². The topological polar surface area (TPSA) is 98.2 Å². The minimum Gasteiger partial charge on any atom is -0.399 e. The van der Waals surface area contributed by atoms with Crippen LogP contribution in [-0.2, 0) is 10.0 Å². The predicted molar refractivity (Wildman–Crippen MR) is 102 cm³/mol. The minimum absolute atomic E-state index is 0.0644. The first-order valence-corrected chi connectivity index (χ1v) is 10.6. The number of anilines is 2. The molecule has 6 heteroatoms. The molecule has 24 heavy (non-hydrogen) atoms. The van der Waals surface area contributed by atoms with E-state index in [4.69, 9.17) is 11.5 Å². The lowest BCUT2D eigenvalue weighted by molar-refractivity contribution is 0.549. The van der Waals surface area contributed by atoms with E-state index in [2.05, 4.69) is 11.6 Å². The van der Waals surface area contributed by atoms with Crippen molar-refractivity contribution >= 4 is 21.4 Å². The van der Waals surface area contributed by atoms with Crippen molar-refractivity contribution in [3.8, 4) is 0 Å². The van der Waals surface area contributed by atoms with Crippen molar-refractivity contribution in [3.05, 3.63) is 18.2 Å². The molecular weight excluding hydrogens is 322 g/mol. The number of rotatable bonds is 13. The zero-order valence-corrected chi connectivity index (χ0v) is 15.7. The molecule has 0 heterocycles. The maximum absolute atomic E-state index is 12.2. The standard InChI is InChI=1S/C18H33N3O2S/c1-2-3-4-5-6-7-8-9-10-11-14-21-24(22,23)18-15-16(19)12-13-17(18)20/h12-13,15,21H,2-11,14,19-20H2,1H3. The molecular formula is C18H33N3O2S. The summed E-state index contributed by atoms with van der Waals surface area (Å²) < 4.78 is 27.0. The van der Waals surface area contributed by atoms with Gasteiger partial charge < -0.3 is 11.5 Å². The highest BCUT2D eigenvalue weighted by atomic mass is 32.2. The van der Waals surface area contributed by atoms with Crippen molar-refractivity contribution in [1.29, 1.82) is 0 Å². The second kappa shape index (κ2) is 11.3. The summed E-state index contributed by atoms with van der Waals surface area (Å²) in [6, 6.07) is 4.51.